The molecule has 33 heavy (non-hydrogen) atoms. The maximum Gasteiger partial charge on any atom is 0.244 e. The molecule has 1 N–H and O–H groups in total. The quantitative estimate of drug-likeness (QED) is 0.602. The van der Waals surface area contributed by atoms with Crippen LogP contribution in [-0.2, 0) is 26.2 Å². The van der Waals surface area contributed by atoms with Crippen LogP contribution >= 0.6 is 0 Å². The Bertz CT molecular complexity index is 1070. The molecule has 1 atom stereocenters. The minimum atomic E-state index is -3.74. The van der Waals surface area contributed by atoms with Crippen molar-refractivity contribution < 1.29 is 22.7 Å². The van der Waals surface area contributed by atoms with Crippen LogP contribution in [0.3, 0.4) is 0 Å². The lowest BCUT2D eigenvalue weighted by molar-refractivity contribution is -0.140. The summed E-state index contributed by atoms with van der Waals surface area (Å²) in [6, 6.07) is 14.8. The predicted molar refractivity (Wildman–Crippen MR) is 130 cm³/mol. The Morgan fingerprint density at radius 3 is 2.24 bits per heavy atom. The fourth-order valence-electron chi connectivity index (χ4n) is 3.23. The normalized spacial score (nSPS) is 12.5. The number of methoxy groups -OCH3 is 1. The van der Waals surface area contributed by atoms with E-state index < -0.39 is 34.1 Å². The first-order valence-electron chi connectivity index (χ1n) is 10.6. The number of nitrogens with one attached hydrogen (secondary N) is 1. The molecule has 0 bridgehead atoms. The first-order chi connectivity index (χ1) is 15.3. The molecule has 0 unspecified atom stereocenters. The molecule has 0 saturated heterocycles. The number of anilines is 1. The molecule has 0 aliphatic carbocycles. The summed E-state index contributed by atoms with van der Waals surface area (Å²) in [7, 11) is -2.19. The molecule has 2 amide bonds. The van der Waals surface area contributed by atoms with E-state index >= 15 is 0 Å². The summed E-state index contributed by atoms with van der Waals surface area (Å²) in [5, 5.41) is 2.89. The van der Waals surface area contributed by atoms with Crippen LogP contribution < -0.4 is 14.4 Å². The van der Waals surface area contributed by atoms with Gasteiger partial charge in [0.1, 0.15) is 18.3 Å². The average Bonchev–Trinajstić information content (AvgIpc) is 2.74. The number of sulfonamides is 1. The Hall–Kier alpha value is -3.07. The molecule has 2 rings (SSSR count). The number of hydrogen-bond donors (Lipinski definition) is 1. The van der Waals surface area contributed by atoms with Crippen LogP contribution in [0.25, 0.3) is 0 Å². The molecule has 2 aromatic carbocycles. The minimum absolute atomic E-state index is 0.112. The van der Waals surface area contributed by atoms with Crippen LogP contribution in [0.2, 0.25) is 0 Å². The Balaban J connectivity index is 2.39. The van der Waals surface area contributed by atoms with Gasteiger partial charge < -0.3 is 15.0 Å². The zero-order chi connectivity index (χ0) is 24.8. The van der Waals surface area contributed by atoms with Gasteiger partial charge in [0.25, 0.3) is 0 Å². The summed E-state index contributed by atoms with van der Waals surface area (Å²) in [6.45, 7) is 6.87. The zero-order valence-corrected chi connectivity index (χ0v) is 20.8. The second-order valence-corrected chi connectivity index (χ2v) is 10.8. The number of amides is 2. The van der Waals surface area contributed by atoms with Crippen molar-refractivity contribution in [3.8, 4) is 5.75 Å². The van der Waals surface area contributed by atoms with Gasteiger partial charge in [-0.05, 0) is 57.5 Å². The van der Waals surface area contributed by atoms with Crippen LogP contribution in [0.4, 0.5) is 5.69 Å². The number of hydrogen-bond acceptors (Lipinski definition) is 5. The largest absolute Gasteiger partial charge is 0.497 e. The van der Waals surface area contributed by atoms with Crippen molar-refractivity contribution in [1.29, 1.82) is 0 Å². The van der Waals surface area contributed by atoms with Crippen molar-refractivity contribution in [2.24, 2.45) is 0 Å². The summed E-state index contributed by atoms with van der Waals surface area (Å²) in [4.78, 5) is 27.7. The molecule has 0 heterocycles. The van der Waals surface area contributed by atoms with E-state index in [0.29, 0.717) is 11.4 Å². The molecule has 0 fully saturated rings. The van der Waals surface area contributed by atoms with E-state index in [0.717, 1.165) is 16.1 Å². The average molecular weight is 476 g/mol. The van der Waals surface area contributed by atoms with E-state index in [2.05, 4.69) is 5.32 Å². The first kappa shape index (κ1) is 26.2. The van der Waals surface area contributed by atoms with Crippen LogP contribution in [0, 0.1) is 0 Å². The zero-order valence-electron chi connectivity index (χ0n) is 20.0. The third kappa shape index (κ3) is 7.78. The van der Waals surface area contributed by atoms with Gasteiger partial charge in [-0.25, -0.2) is 8.42 Å². The van der Waals surface area contributed by atoms with Crippen molar-refractivity contribution in [1.82, 2.24) is 10.2 Å². The van der Waals surface area contributed by atoms with Crippen LogP contribution in [0.15, 0.2) is 54.6 Å². The highest BCUT2D eigenvalue weighted by molar-refractivity contribution is 7.92. The summed E-state index contributed by atoms with van der Waals surface area (Å²) in [5.74, 6) is -0.207. The molecule has 0 aliphatic heterocycles. The molecule has 0 saturated carbocycles. The summed E-state index contributed by atoms with van der Waals surface area (Å²) < 4.78 is 31.3. The third-order valence-corrected chi connectivity index (χ3v) is 6.02. The number of para-hydroxylation sites is 1. The molecule has 0 aliphatic rings. The summed E-state index contributed by atoms with van der Waals surface area (Å²) >= 11 is 0. The molecule has 9 heteroatoms. The van der Waals surface area contributed by atoms with Gasteiger partial charge >= 0.3 is 0 Å². The van der Waals surface area contributed by atoms with Gasteiger partial charge in [-0.3, -0.25) is 13.9 Å². The molecule has 0 spiro atoms. The molecular weight excluding hydrogens is 442 g/mol. The third-order valence-electron chi connectivity index (χ3n) is 4.88. The highest BCUT2D eigenvalue weighted by Gasteiger charge is 2.31. The molecular formula is C24H33N3O5S. The van der Waals surface area contributed by atoms with E-state index in [1.807, 2.05) is 26.8 Å². The smallest absolute Gasteiger partial charge is 0.244 e. The minimum Gasteiger partial charge on any atom is -0.497 e. The lowest BCUT2D eigenvalue weighted by Gasteiger charge is -2.33. The van der Waals surface area contributed by atoms with Crippen molar-refractivity contribution >= 4 is 27.5 Å². The van der Waals surface area contributed by atoms with Crippen LogP contribution in [-0.4, -0.2) is 56.6 Å². The van der Waals surface area contributed by atoms with Crippen molar-refractivity contribution in [2.75, 3.05) is 24.2 Å². The van der Waals surface area contributed by atoms with Gasteiger partial charge in [-0.15, -0.1) is 0 Å². The summed E-state index contributed by atoms with van der Waals surface area (Å²) in [6.07, 6.45) is 1.05. The van der Waals surface area contributed by atoms with Gasteiger partial charge in [0, 0.05) is 12.1 Å². The monoisotopic (exact) mass is 475 g/mol. The fourth-order valence-corrected chi connectivity index (χ4v) is 4.08. The lowest BCUT2D eigenvalue weighted by Crippen LogP contribution is -2.54. The van der Waals surface area contributed by atoms with Crippen LogP contribution in [0.1, 0.15) is 33.3 Å². The van der Waals surface area contributed by atoms with E-state index in [9.17, 15) is 18.0 Å². The highest BCUT2D eigenvalue weighted by atomic mass is 32.2. The topological polar surface area (TPSA) is 96.0 Å². The lowest BCUT2D eigenvalue weighted by atomic mass is 10.1. The molecule has 180 valence electrons. The van der Waals surface area contributed by atoms with Crippen molar-refractivity contribution in [2.45, 2.75) is 45.8 Å². The predicted octanol–water partition coefficient (Wildman–Crippen LogP) is 2.79. The number of carbonyl (C=O) groups excluding carboxylic acids is 2. The van der Waals surface area contributed by atoms with Crippen molar-refractivity contribution in [3.05, 3.63) is 60.2 Å². The second kappa shape index (κ2) is 10.7. The van der Waals surface area contributed by atoms with Gasteiger partial charge in [-0.2, -0.15) is 0 Å². The second-order valence-electron chi connectivity index (χ2n) is 8.89. The summed E-state index contributed by atoms with van der Waals surface area (Å²) in [5.41, 5.74) is 0.643. The first-order valence-corrected chi connectivity index (χ1v) is 12.4. The molecule has 0 aromatic heterocycles. The van der Waals surface area contributed by atoms with E-state index in [1.165, 1.54) is 4.90 Å². The number of benzene rings is 2. The van der Waals surface area contributed by atoms with E-state index in [4.69, 9.17) is 4.74 Å². The maximum atomic E-state index is 13.5. The SMILES string of the molecule is COc1cccc(CN(C(=O)CN(c2ccccc2)S(C)(=O)=O)[C@H](C)C(=O)NC(C)(C)C)c1. The Kier molecular flexibility index (Phi) is 8.49. The molecule has 0 radical (unpaired) electrons. The number of ether oxygens (including phenoxy) is 1. The van der Waals surface area contributed by atoms with Gasteiger partial charge in [0.15, 0.2) is 0 Å². The van der Waals surface area contributed by atoms with Gasteiger partial charge in [0.05, 0.1) is 19.1 Å². The Morgan fingerprint density at radius 1 is 1.06 bits per heavy atom. The van der Waals surface area contributed by atoms with E-state index in [-0.39, 0.29) is 12.5 Å². The standard InChI is InChI=1S/C24H33N3O5S/c1-18(23(29)25-24(2,3)4)26(16-19-11-10-14-21(15-19)32-5)22(28)17-27(33(6,30)31)20-12-8-7-9-13-20/h7-15,18H,16-17H2,1-6H3,(H,25,29)/t18-/m1/s1. The maximum absolute atomic E-state index is 13.5. The van der Waals surface area contributed by atoms with Crippen LogP contribution in [0.5, 0.6) is 5.75 Å². The molecule has 2 aromatic rings. The number of rotatable bonds is 9. The highest BCUT2D eigenvalue weighted by Crippen LogP contribution is 2.20. The Morgan fingerprint density at radius 2 is 1.70 bits per heavy atom. The van der Waals surface area contributed by atoms with Gasteiger partial charge in [-0.1, -0.05) is 30.3 Å². The number of carbonyl (C=O) groups is 2. The van der Waals surface area contributed by atoms with Gasteiger partial charge in [0.2, 0.25) is 21.8 Å². The van der Waals surface area contributed by atoms with E-state index in [1.54, 1.807) is 62.6 Å². The Labute approximate surface area is 196 Å². The fraction of sp³-hybridized carbons (Fsp3) is 0.417. The van der Waals surface area contributed by atoms with Crippen molar-refractivity contribution in [3.63, 3.8) is 0 Å². The number of nitrogens with zero attached hydrogens (tertiary/aromatic N) is 2. The molecule has 8 nitrogen and oxygen atoms in total.